The molecule has 3 heteroatoms. The van der Waals surface area contributed by atoms with E-state index in [1.54, 1.807) is 0 Å². The quantitative estimate of drug-likeness (QED) is 0.812. The van der Waals surface area contributed by atoms with Gasteiger partial charge in [0.25, 0.3) is 0 Å². The van der Waals surface area contributed by atoms with Crippen molar-refractivity contribution in [1.82, 2.24) is 4.98 Å². The van der Waals surface area contributed by atoms with Crippen molar-refractivity contribution in [2.24, 2.45) is 0 Å². The number of aryl methyl sites for hydroxylation is 1. The van der Waals surface area contributed by atoms with E-state index in [1.165, 1.54) is 25.7 Å². The normalized spacial score (nSPS) is 17.5. The van der Waals surface area contributed by atoms with Crippen molar-refractivity contribution in [3.8, 4) is 0 Å². The van der Waals surface area contributed by atoms with Crippen molar-refractivity contribution in [2.75, 3.05) is 5.73 Å². The number of nitrogens with zero attached hydrogens (tertiary/aromatic N) is 1. The Bertz CT molecular complexity index is 319. The monoisotopic (exact) mass is 208 g/mol. The molecule has 1 aliphatic rings. The van der Waals surface area contributed by atoms with Crippen LogP contribution in [0.2, 0.25) is 0 Å². The van der Waals surface area contributed by atoms with Gasteiger partial charge >= 0.3 is 0 Å². The number of anilines is 1. The zero-order valence-corrected chi connectivity index (χ0v) is 9.31. The van der Waals surface area contributed by atoms with E-state index in [0.29, 0.717) is 0 Å². The van der Waals surface area contributed by atoms with Gasteiger partial charge in [-0.1, -0.05) is 12.8 Å². The van der Waals surface area contributed by atoms with Crippen molar-refractivity contribution < 1.29 is 0 Å². The van der Waals surface area contributed by atoms with Gasteiger partial charge in [0.15, 0.2) is 0 Å². The van der Waals surface area contributed by atoms with Crippen LogP contribution >= 0.6 is 11.8 Å². The minimum Gasteiger partial charge on any atom is -0.396 e. The van der Waals surface area contributed by atoms with Crippen LogP contribution in [-0.4, -0.2) is 10.2 Å². The molecule has 1 aromatic rings. The maximum atomic E-state index is 5.98. The Kier molecular flexibility index (Phi) is 2.96. The summed E-state index contributed by atoms with van der Waals surface area (Å²) in [5.74, 6) is 0. The molecule has 0 saturated heterocycles. The SMILES string of the molecule is Cc1ccnc(SC2CCCC2)c1N. The molecule has 2 N–H and O–H groups in total. The Morgan fingerprint density at radius 2 is 2.14 bits per heavy atom. The van der Waals surface area contributed by atoms with Gasteiger partial charge in [0.2, 0.25) is 0 Å². The van der Waals surface area contributed by atoms with Crippen LogP contribution in [0.25, 0.3) is 0 Å². The molecule has 1 fully saturated rings. The van der Waals surface area contributed by atoms with E-state index in [4.69, 9.17) is 5.73 Å². The largest absolute Gasteiger partial charge is 0.396 e. The predicted octanol–water partition coefficient (Wildman–Crippen LogP) is 3.01. The molecule has 0 unspecified atom stereocenters. The molecule has 0 aromatic carbocycles. The molecule has 1 saturated carbocycles. The first-order valence-corrected chi connectivity index (χ1v) is 6.03. The van der Waals surface area contributed by atoms with Crippen molar-refractivity contribution in [2.45, 2.75) is 42.9 Å². The standard InChI is InChI=1S/C11H16N2S/c1-8-6-7-13-11(10(8)12)14-9-4-2-3-5-9/h6-7,9H,2-5,12H2,1H3. The van der Waals surface area contributed by atoms with E-state index in [-0.39, 0.29) is 0 Å². The van der Waals surface area contributed by atoms with Gasteiger partial charge in [-0.15, -0.1) is 11.8 Å². The molecular formula is C11H16N2S. The lowest BCUT2D eigenvalue weighted by Crippen LogP contribution is -2.00. The average Bonchev–Trinajstić information content (AvgIpc) is 2.66. The van der Waals surface area contributed by atoms with Crippen LogP contribution in [0.15, 0.2) is 17.3 Å². The summed E-state index contributed by atoms with van der Waals surface area (Å²) >= 11 is 1.86. The van der Waals surface area contributed by atoms with Gasteiger partial charge < -0.3 is 5.73 Å². The van der Waals surface area contributed by atoms with E-state index in [9.17, 15) is 0 Å². The van der Waals surface area contributed by atoms with Gasteiger partial charge in [0.1, 0.15) is 5.03 Å². The second-order valence-corrected chi connectivity index (χ2v) is 5.16. The van der Waals surface area contributed by atoms with Gasteiger partial charge in [0, 0.05) is 11.4 Å². The molecule has 0 bridgehead atoms. The molecule has 76 valence electrons. The van der Waals surface area contributed by atoms with Crippen molar-refractivity contribution in [3.05, 3.63) is 17.8 Å². The van der Waals surface area contributed by atoms with E-state index in [2.05, 4.69) is 4.98 Å². The Balaban J connectivity index is 2.11. The molecule has 0 amide bonds. The van der Waals surface area contributed by atoms with E-state index < -0.39 is 0 Å². The molecule has 1 aliphatic carbocycles. The van der Waals surface area contributed by atoms with Crippen LogP contribution in [0.3, 0.4) is 0 Å². The summed E-state index contributed by atoms with van der Waals surface area (Å²) in [6, 6.07) is 1.97. The minimum absolute atomic E-state index is 0.742. The Hall–Kier alpha value is -0.700. The lowest BCUT2D eigenvalue weighted by molar-refractivity contribution is 0.886. The Morgan fingerprint density at radius 3 is 2.86 bits per heavy atom. The summed E-state index contributed by atoms with van der Waals surface area (Å²) in [4.78, 5) is 4.34. The van der Waals surface area contributed by atoms with Gasteiger partial charge in [-0.3, -0.25) is 0 Å². The second-order valence-electron chi connectivity index (χ2n) is 3.87. The highest BCUT2D eigenvalue weighted by molar-refractivity contribution is 8.00. The van der Waals surface area contributed by atoms with E-state index >= 15 is 0 Å². The lowest BCUT2D eigenvalue weighted by Gasteiger charge is -2.10. The molecule has 0 aliphatic heterocycles. The first-order valence-electron chi connectivity index (χ1n) is 5.15. The van der Waals surface area contributed by atoms with Crippen LogP contribution in [0.5, 0.6) is 0 Å². The van der Waals surface area contributed by atoms with Crippen LogP contribution in [0, 0.1) is 6.92 Å². The Labute approximate surface area is 89.3 Å². The lowest BCUT2D eigenvalue weighted by atomic mass is 10.3. The van der Waals surface area contributed by atoms with Gasteiger partial charge in [-0.2, -0.15) is 0 Å². The van der Waals surface area contributed by atoms with Crippen LogP contribution in [0.1, 0.15) is 31.2 Å². The highest BCUT2D eigenvalue weighted by Gasteiger charge is 2.18. The van der Waals surface area contributed by atoms with Gasteiger partial charge in [-0.05, 0) is 31.4 Å². The second kappa shape index (κ2) is 4.22. The summed E-state index contributed by atoms with van der Waals surface area (Å²) in [7, 11) is 0. The number of pyridine rings is 1. The fraction of sp³-hybridized carbons (Fsp3) is 0.545. The number of thioether (sulfide) groups is 1. The van der Waals surface area contributed by atoms with Crippen molar-refractivity contribution in [1.29, 1.82) is 0 Å². The molecule has 0 radical (unpaired) electrons. The smallest absolute Gasteiger partial charge is 0.119 e. The molecule has 2 rings (SSSR count). The molecule has 2 nitrogen and oxygen atoms in total. The zero-order chi connectivity index (χ0) is 9.97. The highest BCUT2D eigenvalue weighted by atomic mass is 32.2. The summed E-state index contributed by atoms with van der Waals surface area (Å²) in [6.07, 6.45) is 7.22. The third kappa shape index (κ3) is 2.03. The summed E-state index contributed by atoms with van der Waals surface area (Å²) in [5.41, 5.74) is 7.98. The first-order chi connectivity index (χ1) is 6.77. The molecule has 0 atom stereocenters. The molecule has 1 heterocycles. The topological polar surface area (TPSA) is 38.9 Å². The number of hydrogen-bond acceptors (Lipinski definition) is 3. The third-order valence-corrected chi connectivity index (χ3v) is 4.11. The number of rotatable bonds is 2. The number of nitrogen functional groups attached to an aromatic ring is 1. The Morgan fingerprint density at radius 1 is 1.43 bits per heavy atom. The maximum Gasteiger partial charge on any atom is 0.119 e. The number of nitrogens with two attached hydrogens (primary N) is 1. The molecular weight excluding hydrogens is 192 g/mol. The van der Waals surface area contributed by atoms with Crippen molar-refractivity contribution in [3.63, 3.8) is 0 Å². The predicted molar refractivity (Wildman–Crippen MR) is 61.5 cm³/mol. The molecule has 0 spiro atoms. The van der Waals surface area contributed by atoms with Crippen LogP contribution in [-0.2, 0) is 0 Å². The van der Waals surface area contributed by atoms with E-state index in [1.807, 2.05) is 30.9 Å². The summed E-state index contributed by atoms with van der Waals surface area (Å²) < 4.78 is 0. The minimum atomic E-state index is 0.742. The number of aromatic nitrogens is 1. The number of hydrogen-bond donors (Lipinski definition) is 1. The van der Waals surface area contributed by atoms with Crippen molar-refractivity contribution >= 4 is 17.4 Å². The fourth-order valence-corrected chi connectivity index (χ4v) is 3.10. The van der Waals surface area contributed by atoms with Crippen LogP contribution in [0.4, 0.5) is 5.69 Å². The summed E-state index contributed by atoms with van der Waals surface area (Å²) in [5, 5.41) is 1.77. The van der Waals surface area contributed by atoms with E-state index in [0.717, 1.165) is 21.5 Å². The van der Waals surface area contributed by atoms with Crippen LogP contribution < -0.4 is 5.73 Å². The maximum absolute atomic E-state index is 5.98. The highest BCUT2D eigenvalue weighted by Crippen LogP contribution is 2.36. The summed E-state index contributed by atoms with van der Waals surface area (Å²) in [6.45, 7) is 2.04. The fourth-order valence-electron chi connectivity index (χ4n) is 1.80. The van der Waals surface area contributed by atoms with Gasteiger partial charge in [0.05, 0.1) is 5.69 Å². The average molecular weight is 208 g/mol. The first kappa shape index (κ1) is 9.84. The third-order valence-electron chi connectivity index (χ3n) is 2.75. The van der Waals surface area contributed by atoms with Gasteiger partial charge in [-0.25, -0.2) is 4.98 Å². The zero-order valence-electron chi connectivity index (χ0n) is 8.49. The molecule has 1 aromatic heterocycles. The molecule has 14 heavy (non-hydrogen) atoms.